The SMILES string of the molecule is COC(=O)c1cncc(CCC(=O)O)c1.Cl. The van der Waals surface area contributed by atoms with E-state index in [4.69, 9.17) is 5.11 Å². The summed E-state index contributed by atoms with van der Waals surface area (Å²) in [4.78, 5) is 25.3. The number of nitrogens with zero attached hydrogens (tertiary/aromatic N) is 1. The summed E-state index contributed by atoms with van der Waals surface area (Å²) in [7, 11) is 1.28. The lowest BCUT2D eigenvalue weighted by molar-refractivity contribution is -0.136. The lowest BCUT2D eigenvalue weighted by atomic mass is 10.1. The van der Waals surface area contributed by atoms with Crippen molar-refractivity contribution in [2.45, 2.75) is 12.8 Å². The average Bonchev–Trinajstić information content (AvgIpc) is 2.25. The van der Waals surface area contributed by atoms with E-state index in [1.54, 1.807) is 6.07 Å². The van der Waals surface area contributed by atoms with E-state index in [-0.39, 0.29) is 18.8 Å². The fourth-order valence-corrected chi connectivity index (χ4v) is 1.11. The number of carbonyl (C=O) groups is 2. The first-order chi connectivity index (χ1) is 7.13. The number of aromatic nitrogens is 1. The first-order valence-corrected chi connectivity index (χ1v) is 4.37. The Kier molecular flexibility index (Phi) is 6.10. The topological polar surface area (TPSA) is 76.5 Å². The van der Waals surface area contributed by atoms with Gasteiger partial charge < -0.3 is 9.84 Å². The molecule has 0 amide bonds. The van der Waals surface area contributed by atoms with Crippen LogP contribution in [0.15, 0.2) is 18.5 Å². The minimum absolute atomic E-state index is 0. The fraction of sp³-hybridized carbons (Fsp3) is 0.300. The van der Waals surface area contributed by atoms with Gasteiger partial charge in [-0.1, -0.05) is 0 Å². The van der Waals surface area contributed by atoms with Gasteiger partial charge in [-0.05, 0) is 18.1 Å². The highest BCUT2D eigenvalue weighted by molar-refractivity contribution is 5.89. The summed E-state index contributed by atoms with van der Waals surface area (Å²) in [5.74, 6) is -1.35. The molecule has 0 atom stereocenters. The number of carboxylic acids is 1. The molecule has 1 N–H and O–H groups in total. The Hall–Kier alpha value is -1.62. The van der Waals surface area contributed by atoms with E-state index in [1.807, 2.05) is 0 Å². The Labute approximate surface area is 98.9 Å². The van der Waals surface area contributed by atoms with Crippen LogP contribution in [-0.2, 0) is 16.0 Å². The lowest BCUT2D eigenvalue weighted by Gasteiger charge is -2.01. The number of hydrogen-bond acceptors (Lipinski definition) is 4. The number of carboxylic acid groups (broad SMARTS) is 1. The Bertz CT molecular complexity index is 381. The van der Waals surface area contributed by atoms with Crippen LogP contribution in [-0.4, -0.2) is 29.1 Å². The summed E-state index contributed by atoms with van der Waals surface area (Å²) in [6.07, 6.45) is 3.30. The van der Waals surface area contributed by atoms with Crippen molar-refractivity contribution in [2.24, 2.45) is 0 Å². The molecule has 0 unspecified atom stereocenters. The second-order valence-corrected chi connectivity index (χ2v) is 2.97. The fourth-order valence-electron chi connectivity index (χ4n) is 1.11. The van der Waals surface area contributed by atoms with Crippen molar-refractivity contribution in [2.75, 3.05) is 7.11 Å². The van der Waals surface area contributed by atoms with Gasteiger partial charge in [0.2, 0.25) is 0 Å². The maximum absolute atomic E-state index is 11.1. The first-order valence-electron chi connectivity index (χ1n) is 4.37. The van der Waals surface area contributed by atoms with E-state index in [1.165, 1.54) is 19.5 Å². The molecular weight excluding hydrogens is 234 g/mol. The summed E-state index contributed by atoms with van der Waals surface area (Å²) in [5, 5.41) is 8.49. The van der Waals surface area contributed by atoms with E-state index in [0.717, 1.165) is 0 Å². The van der Waals surface area contributed by atoms with Crippen molar-refractivity contribution in [1.29, 1.82) is 0 Å². The molecule has 1 aromatic rings. The minimum atomic E-state index is -0.876. The van der Waals surface area contributed by atoms with Crippen molar-refractivity contribution in [3.05, 3.63) is 29.6 Å². The summed E-state index contributed by atoms with van der Waals surface area (Å²) in [6, 6.07) is 1.59. The third-order valence-electron chi connectivity index (χ3n) is 1.84. The number of hydrogen-bond donors (Lipinski definition) is 1. The standard InChI is InChI=1S/C10H11NO4.ClH/c1-15-10(14)8-4-7(5-11-6-8)2-3-9(12)13;/h4-6H,2-3H2,1H3,(H,12,13);1H. The Morgan fingerprint density at radius 2 is 2.12 bits per heavy atom. The van der Waals surface area contributed by atoms with E-state index in [9.17, 15) is 9.59 Å². The van der Waals surface area contributed by atoms with Gasteiger partial charge in [-0.2, -0.15) is 0 Å². The molecule has 6 heteroatoms. The van der Waals surface area contributed by atoms with Crippen LogP contribution in [0.5, 0.6) is 0 Å². The van der Waals surface area contributed by atoms with Crippen molar-refractivity contribution >= 4 is 24.3 Å². The van der Waals surface area contributed by atoms with Gasteiger partial charge >= 0.3 is 11.9 Å². The molecule has 88 valence electrons. The average molecular weight is 246 g/mol. The monoisotopic (exact) mass is 245 g/mol. The zero-order chi connectivity index (χ0) is 11.3. The quantitative estimate of drug-likeness (QED) is 0.810. The van der Waals surface area contributed by atoms with Gasteiger partial charge in [0.25, 0.3) is 0 Å². The van der Waals surface area contributed by atoms with Crippen molar-refractivity contribution in [3.63, 3.8) is 0 Å². The molecule has 0 radical (unpaired) electrons. The van der Waals surface area contributed by atoms with E-state index >= 15 is 0 Å². The molecular formula is C10H12ClNO4. The number of pyridine rings is 1. The first kappa shape index (κ1) is 14.4. The van der Waals surface area contributed by atoms with Crippen LogP contribution in [0, 0.1) is 0 Å². The predicted molar refractivity (Wildman–Crippen MR) is 58.8 cm³/mol. The molecule has 0 bridgehead atoms. The number of rotatable bonds is 4. The van der Waals surface area contributed by atoms with Gasteiger partial charge in [-0.15, -0.1) is 12.4 Å². The highest BCUT2D eigenvalue weighted by Crippen LogP contribution is 2.06. The number of aryl methyl sites for hydroxylation is 1. The molecule has 0 aliphatic rings. The van der Waals surface area contributed by atoms with Crippen LogP contribution in [0.3, 0.4) is 0 Å². The van der Waals surface area contributed by atoms with Crippen molar-refractivity contribution in [1.82, 2.24) is 4.98 Å². The van der Waals surface area contributed by atoms with Crippen LogP contribution in [0.2, 0.25) is 0 Å². The molecule has 0 spiro atoms. The Morgan fingerprint density at radius 3 is 2.69 bits per heavy atom. The maximum atomic E-state index is 11.1. The van der Waals surface area contributed by atoms with Crippen LogP contribution in [0.1, 0.15) is 22.3 Å². The highest BCUT2D eigenvalue weighted by atomic mass is 35.5. The molecule has 5 nitrogen and oxygen atoms in total. The van der Waals surface area contributed by atoms with Gasteiger partial charge in [-0.25, -0.2) is 4.79 Å². The molecule has 0 saturated carbocycles. The van der Waals surface area contributed by atoms with Crippen molar-refractivity contribution in [3.8, 4) is 0 Å². The third-order valence-corrected chi connectivity index (χ3v) is 1.84. The van der Waals surface area contributed by atoms with Crippen molar-refractivity contribution < 1.29 is 19.4 Å². The van der Waals surface area contributed by atoms with Gasteiger partial charge in [0, 0.05) is 18.8 Å². The molecule has 0 aromatic carbocycles. The van der Waals surface area contributed by atoms with Crippen LogP contribution < -0.4 is 0 Å². The lowest BCUT2D eigenvalue weighted by Crippen LogP contribution is -2.04. The van der Waals surface area contributed by atoms with E-state index in [2.05, 4.69) is 9.72 Å². The number of carbonyl (C=O) groups excluding carboxylic acids is 1. The number of aliphatic carboxylic acids is 1. The Balaban J connectivity index is 0.00000225. The van der Waals surface area contributed by atoms with E-state index < -0.39 is 11.9 Å². The molecule has 1 heterocycles. The molecule has 0 saturated heterocycles. The smallest absolute Gasteiger partial charge is 0.339 e. The second kappa shape index (κ2) is 6.79. The largest absolute Gasteiger partial charge is 0.481 e. The zero-order valence-corrected chi connectivity index (χ0v) is 9.49. The molecule has 0 aliphatic heterocycles. The number of ether oxygens (including phenoxy) is 1. The normalized spacial score (nSPS) is 9.06. The molecule has 16 heavy (non-hydrogen) atoms. The van der Waals surface area contributed by atoms with Gasteiger partial charge in [0.1, 0.15) is 0 Å². The highest BCUT2D eigenvalue weighted by Gasteiger charge is 2.07. The summed E-state index contributed by atoms with van der Waals surface area (Å²) >= 11 is 0. The number of halogens is 1. The van der Waals surface area contributed by atoms with E-state index in [0.29, 0.717) is 17.5 Å². The van der Waals surface area contributed by atoms with Gasteiger partial charge in [0.15, 0.2) is 0 Å². The zero-order valence-electron chi connectivity index (χ0n) is 8.67. The number of methoxy groups -OCH3 is 1. The predicted octanol–water partition coefficient (Wildman–Crippen LogP) is 1.31. The third kappa shape index (κ3) is 4.27. The summed E-state index contributed by atoms with van der Waals surface area (Å²) in [5.41, 5.74) is 1.04. The van der Waals surface area contributed by atoms with Crippen LogP contribution in [0.25, 0.3) is 0 Å². The summed E-state index contributed by atoms with van der Waals surface area (Å²) in [6.45, 7) is 0. The van der Waals surface area contributed by atoms with Gasteiger partial charge in [0.05, 0.1) is 12.7 Å². The molecule has 0 fully saturated rings. The van der Waals surface area contributed by atoms with Crippen LogP contribution >= 0.6 is 12.4 Å². The molecule has 1 aromatic heterocycles. The number of esters is 1. The maximum Gasteiger partial charge on any atom is 0.339 e. The minimum Gasteiger partial charge on any atom is -0.481 e. The summed E-state index contributed by atoms with van der Waals surface area (Å²) < 4.78 is 4.52. The second-order valence-electron chi connectivity index (χ2n) is 2.97. The van der Waals surface area contributed by atoms with Gasteiger partial charge in [-0.3, -0.25) is 9.78 Å². The Morgan fingerprint density at radius 1 is 1.44 bits per heavy atom. The molecule has 0 aliphatic carbocycles. The molecule has 1 rings (SSSR count). The van der Waals surface area contributed by atoms with Crippen LogP contribution in [0.4, 0.5) is 0 Å².